The minimum Gasteiger partial charge on any atom is -0.486 e. The Morgan fingerprint density at radius 1 is 1.00 bits per heavy atom. The highest BCUT2D eigenvalue weighted by Crippen LogP contribution is 2.32. The molecule has 0 spiro atoms. The molecule has 4 rings (SSSR count). The zero-order valence-electron chi connectivity index (χ0n) is 17.5. The highest BCUT2D eigenvalue weighted by atomic mass is 32.2. The number of nitrogens with zero attached hydrogens (tertiary/aromatic N) is 4. The van der Waals surface area contributed by atoms with Crippen LogP contribution in [0, 0.1) is 20.8 Å². The zero-order valence-corrected chi connectivity index (χ0v) is 18.4. The first-order chi connectivity index (χ1) is 14.8. The highest BCUT2D eigenvalue weighted by molar-refractivity contribution is 7.89. The maximum absolute atomic E-state index is 12.5. The predicted octanol–water partition coefficient (Wildman–Crippen LogP) is 1.75. The molecule has 10 nitrogen and oxygen atoms in total. The van der Waals surface area contributed by atoms with Crippen molar-refractivity contribution in [3.8, 4) is 17.3 Å². The number of fused-ring (bicyclic) bond motifs is 1. The van der Waals surface area contributed by atoms with Crippen LogP contribution in [0.25, 0.3) is 5.82 Å². The Labute approximate surface area is 180 Å². The summed E-state index contributed by atoms with van der Waals surface area (Å²) >= 11 is 0. The molecular formula is C20H24N6O4S. The van der Waals surface area contributed by atoms with Crippen LogP contribution in [0.4, 0.5) is 5.82 Å². The van der Waals surface area contributed by atoms with Crippen molar-refractivity contribution < 1.29 is 17.9 Å². The normalized spacial score (nSPS) is 13.3. The Hall–Kier alpha value is -3.18. The van der Waals surface area contributed by atoms with Gasteiger partial charge in [-0.1, -0.05) is 0 Å². The lowest BCUT2D eigenvalue weighted by molar-refractivity contribution is 0.171. The lowest BCUT2D eigenvalue weighted by Gasteiger charge is -2.19. The Morgan fingerprint density at radius 2 is 1.77 bits per heavy atom. The molecule has 0 atom stereocenters. The van der Waals surface area contributed by atoms with Crippen molar-refractivity contribution in [1.82, 2.24) is 24.7 Å². The van der Waals surface area contributed by atoms with E-state index >= 15 is 0 Å². The molecule has 0 aliphatic carbocycles. The van der Waals surface area contributed by atoms with Crippen LogP contribution in [0.3, 0.4) is 0 Å². The van der Waals surface area contributed by atoms with Crippen molar-refractivity contribution >= 4 is 15.8 Å². The molecule has 11 heteroatoms. The summed E-state index contributed by atoms with van der Waals surface area (Å²) in [4.78, 5) is 0.126. The van der Waals surface area contributed by atoms with E-state index < -0.39 is 10.0 Å². The molecule has 164 valence electrons. The van der Waals surface area contributed by atoms with Crippen LogP contribution in [-0.2, 0) is 10.0 Å². The fraction of sp³-hybridized carbons (Fsp3) is 0.350. The average Bonchev–Trinajstić information content (AvgIpc) is 3.04. The minimum atomic E-state index is -3.67. The van der Waals surface area contributed by atoms with Gasteiger partial charge in [0.2, 0.25) is 10.0 Å². The fourth-order valence-electron chi connectivity index (χ4n) is 3.13. The Balaban J connectivity index is 1.32. The maximum atomic E-state index is 12.5. The summed E-state index contributed by atoms with van der Waals surface area (Å²) in [5.41, 5.74) is 3.09. The van der Waals surface area contributed by atoms with Crippen molar-refractivity contribution in [3.05, 3.63) is 47.3 Å². The second-order valence-electron chi connectivity index (χ2n) is 7.11. The van der Waals surface area contributed by atoms with E-state index in [-0.39, 0.29) is 11.4 Å². The van der Waals surface area contributed by atoms with Gasteiger partial charge in [-0.05, 0) is 50.6 Å². The summed E-state index contributed by atoms with van der Waals surface area (Å²) in [6, 6.07) is 8.16. The number of aromatic nitrogens is 4. The summed E-state index contributed by atoms with van der Waals surface area (Å²) in [7, 11) is -3.67. The van der Waals surface area contributed by atoms with E-state index in [1.54, 1.807) is 16.8 Å². The maximum Gasteiger partial charge on any atom is 0.240 e. The first-order valence-electron chi connectivity index (χ1n) is 9.85. The topological polar surface area (TPSA) is 120 Å². The van der Waals surface area contributed by atoms with Gasteiger partial charge in [0.1, 0.15) is 19.0 Å². The molecule has 31 heavy (non-hydrogen) atoms. The van der Waals surface area contributed by atoms with Crippen LogP contribution >= 0.6 is 0 Å². The van der Waals surface area contributed by atoms with E-state index in [9.17, 15) is 8.42 Å². The van der Waals surface area contributed by atoms with Crippen LogP contribution in [0.5, 0.6) is 11.5 Å². The smallest absolute Gasteiger partial charge is 0.240 e. The number of benzene rings is 1. The van der Waals surface area contributed by atoms with Crippen molar-refractivity contribution in [2.75, 3.05) is 31.6 Å². The predicted molar refractivity (Wildman–Crippen MR) is 114 cm³/mol. The molecule has 0 saturated heterocycles. The summed E-state index contributed by atoms with van der Waals surface area (Å²) in [6.45, 7) is 7.32. The summed E-state index contributed by atoms with van der Waals surface area (Å²) in [6.07, 6.45) is 0. The molecular weight excluding hydrogens is 420 g/mol. The zero-order chi connectivity index (χ0) is 22.0. The minimum absolute atomic E-state index is 0.126. The number of anilines is 1. The van der Waals surface area contributed by atoms with Gasteiger partial charge in [0.05, 0.1) is 10.6 Å². The van der Waals surface area contributed by atoms with Crippen molar-refractivity contribution in [1.29, 1.82) is 0 Å². The summed E-state index contributed by atoms with van der Waals surface area (Å²) in [5.74, 6) is 2.14. The molecule has 0 amide bonds. The molecule has 0 saturated carbocycles. The van der Waals surface area contributed by atoms with E-state index in [1.165, 1.54) is 12.1 Å². The number of hydrogen-bond acceptors (Lipinski definition) is 8. The summed E-state index contributed by atoms with van der Waals surface area (Å²) in [5, 5.41) is 15.9. The quantitative estimate of drug-likeness (QED) is 0.529. The molecule has 1 aromatic carbocycles. The van der Waals surface area contributed by atoms with E-state index in [4.69, 9.17) is 9.47 Å². The molecule has 0 bridgehead atoms. The molecule has 0 fully saturated rings. The largest absolute Gasteiger partial charge is 0.486 e. The molecule has 2 N–H and O–H groups in total. The highest BCUT2D eigenvalue weighted by Gasteiger charge is 2.19. The SMILES string of the molecule is Cc1nn(-c2ccc(NCCNS(=O)(=O)c3ccc4c(c3)OCCO4)nn2)c(C)c1C. The number of aryl methyl sites for hydroxylation is 1. The van der Waals surface area contributed by atoms with E-state index in [1.807, 2.05) is 26.8 Å². The number of rotatable bonds is 7. The third-order valence-electron chi connectivity index (χ3n) is 5.07. The van der Waals surface area contributed by atoms with Gasteiger partial charge in [-0.15, -0.1) is 10.2 Å². The molecule has 2 aromatic heterocycles. The van der Waals surface area contributed by atoms with E-state index in [0.29, 0.717) is 42.9 Å². The number of ether oxygens (including phenoxy) is 2. The Morgan fingerprint density at radius 3 is 2.45 bits per heavy atom. The van der Waals surface area contributed by atoms with Crippen molar-refractivity contribution in [2.45, 2.75) is 25.7 Å². The van der Waals surface area contributed by atoms with Gasteiger partial charge >= 0.3 is 0 Å². The first kappa shape index (κ1) is 21.1. The molecule has 0 unspecified atom stereocenters. The van der Waals surface area contributed by atoms with Crippen LogP contribution in [0.2, 0.25) is 0 Å². The third-order valence-corrected chi connectivity index (χ3v) is 6.53. The second kappa shape index (κ2) is 8.52. The van der Waals surface area contributed by atoms with Gasteiger partial charge in [0.25, 0.3) is 0 Å². The van der Waals surface area contributed by atoms with Gasteiger partial charge in [-0.25, -0.2) is 17.8 Å². The Bertz CT molecular complexity index is 1190. The standard InChI is InChI=1S/C20H24N6O4S/c1-13-14(2)25-26(15(13)3)20-7-6-19(23-24-20)21-8-9-22-31(27,28)16-4-5-17-18(12-16)30-11-10-29-17/h4-7,12,22H,8-11H2,1-3H3,(H,21,23). The second-order valence-corrected chi connectivity index (χ2v) is 8.88. The van der Waals surface area contributed by atoms with Crippen molar-refractivity contribution in [3.63, 3.8) is 0 Å². The van der Waals surface area contributed by atoms with Gasteiger partial charge in [-0.3, -0.25) is 0 Å². The van der Waals surface area contributed by atoms with Crippen LogP contribution in [0.15, 0.2) is 35.2 Å². The molecule has 1 aliphatic heterocycles. The van der Waals surface area contributed by atoms with Gasteiger partial charge in [0.15, 0.2) is 17.3 Å². The van der Waals surface area contributed by atoms with E-state index in [0.717, 1.165) is 17.0 Å². The van der Waals surface area contributed by atoms with Crippen LogP contribution < -0.4 is 19.5 Å². The van der Waals surface area contributed by atoms with Gasteiger partial charge in [-0.2, -0.15) is 5.10 Å². The lowest BCUT2D eigenvalue weighted by atomic mass is 10.2. The summed E-state index contributed by atoms with van der Waals surface area (Å²) < 4.78 is 40.2. The molecule has 3 heterocycles. The van der Waals surface area contributed by atoms with Gasteiger partial charge in [0, 0.05) is 24.8 Å². The lowest BCUT2D eigenvalue weighted by Crippen LogP contribution is -2.29. The molecule has 3 aromatic rings. The monoisotopic (exact) mass is 444 g/mol. The number of hydrogen-bond donors (Lipinski definition) is 2. The van der Waals surface area contributed by atoms with Crippen LogP contribution in [-0.4, -0.2) is 54.7 Å². The Kier molecular flexibility index (Phi) is 5.79. The van der Waals surface area contributed by atoms with Gasteiger partial charge < -0.3 is 14.8 Å². The average molecular weight is 445 g/mol. The number of nitrogens with one attached hydrogen (secondary N) is 2. The van der Waals surface area contributed by atoms with Crippen LogP contribution in [0.1, 0.15) is 17.0 Å². The molecule has 1 aliphatic rings. The fourth-order valence-corrected chi connectivity index (χ4v) is 4.17. The van der Waals surface area contributed by atoms with E-state index in [2.05, 4.69) is 25.3 Å². The molecule has 0 radical (unpaired) electrons. The first-order valence-corrected chi connectivity index (χ1v) is 11.3. The number of sulfonamides is 1. The van der Waals surface area contributed by atoms with Crippen molar-refractivity contribution in [2.24, 2.45) is 0 Å². The third kappa shape index (κ3) is 4.47.